The third-order valence-electron chi connectivity index (χ3n) is 3.29. The Kier molecular flexibility index (Phi) is 3.96. The van der Waals surface area contributed by atoms with E-state index in [9.17, 15) is 10.1 Å². The number of nitrogens with zero attached hydrogens (tertiary/aromatic N) is 1. The number of nitriles is 1. The van der Waals surface area contributed by atoms with Gasteiger partial charge in [-0.15, -0.1) is 0 Å². The van der Waals surface area contributed by atoms with Gasteiger partial charge in [0.25, 0.3) is 0 Å². The number of hydrogen-bond donors (Lipinski definition) is 1. The van der Waals surface area contributed by atoms with Crippen LogP contribution in [0.3, 0.4) is 0 Å². The monoisotopic (exact) mass is 316 g/mol. The molecule has 1 N–H and O–H groups in total. The van der Waals surface area contributed by atoms with Crippen LogP contribution in [0, 0.1) is 22.7 Å². The van der Waals surface area contributed by atoms with Crippen molar-refractivity contribution in [3.63, 3.8) is 0 Å². The Morgan fingerprint density at radius 2 is 1.89 bits per heavy atom. The van der Waals surface area contributed by atoms with Crippen molar-refractivity contribution in [2.24, 2.45) is 11.3 Å². The van der Waals surface area contributed by atoms with E-state index in [-0.39, 0.29) is 16.0 Å². The van der Waals surface area contributed by atoms with E-state index in [0.29, 0.717) is 29.5 Å². The predicted octanol–water partition coefficient (Wildman–Crippen LogP) is 4.53. The van der Waals surface area contributed by atoms with Crippen LogP contribution in [0.15, 0.2) is 12.1 Å². The zero-order valence-electron chi connectivity index (χ0n) is 10.1. The zero-order valence-corrected chi connectivity index (χ0v) is 12.4. The van der Waals surface area contributed by atoms with Crippen LogP contribution in [0.1, 0.15) is 19.8 Å². The number of benzene rings is 1. The predicted molar refractivity (Wildman–Crippen MR) is 76.5 cm³/mol. The van der Waals surface area contributed by atoms with Crippen LogP contribution in [0.4, 0.5) is 5.69 Å². The van der Waals surface area contributed by atoms with Gasteiger partial charge in [-0.05, 0) is 30.9 Å². The molecule has 1 aliphatic rings. The number of halogens is 3. The highest BCUT2D eigenvalue weighted by Crippen LogP contribution is 2.46. The Balaban J connectivity index is 2.23. The summed E-state index contributed by atoms with van der Waals surface area (Å²) in [4.78, 5) is 12.2. The fraction of sp³-hybridized carbons (Fsp3) is 0.385. The molecular weight excluding hydrogens is 307 g/mol. The minimum Gasteiger partial charge on any atom is -0.322 e. The number of nitrogens with one attached hydrogen (secondary N) is 1. The lowest BCUT2D eigenvalue weighted by molar-refractivity contribution is -0.128. The van der Waals surface area contributed by atoms with E-state index in [1.807, 2.05) is 6.92 Å². The molecule has 0 spiro atoms. The number of hydrogen-bond acceptors (Lipinski definition) is 2. The zero-order chi connectivity index (χ0) is 14.2. The van der Waals surface area contributed by atoms with Crippen molar-refractivity contribution >= 4 is 46.4 Å². The van der Waals surface area contributed by atoms with Gasteiger partial charge in [-0.1, -0.05) is 41.7 Å². The lowest BCUT2D eigenvalue weighted by Gasteiger charge is -2.39. The lowest BCUT2D eigenvalue weighted by Crippen LogP contribution is -2.45. The summed E-state index contributed by atoms with van der Waals surface area (Å²) in [6, 6.07) is 5.08. The molecule has 6 heteroatoms. The average molecular weight is 318 g/mol. The Labute approximate surface area is 126 Å². The topological polar surface area (TPSA) is 52.9 Å². The van der Waals surface area contributed by atoms with Crippen molar-refractivity contribution in [2.45, 2.75) is 19.8 Å². The van der Waals surface area contributed by atoms with Gasteiger partial charge in [0.2, 0.25) is 5.91 Å². The molecule has 0 bridgehead atoms. The van der Waals surface area contributed by atoms with Crippen LogP contribution in [0.5, 0.6) is 0 Å². The molecule has 0 atom stereocenters. The summed E-state index contributed by atoms with van der Waals surface area (Å²) in [6.07, 6.45) is 1.11. The van der Waals surface area contributed by atoms with Crippen LogP contribution in [-0.4, -0.2) is 5.91 Å². The fourth-order valence-electron chi connectivity index (χ4n) is 2.35. The summed E-state index contributed by atoms with van der Waals surface area (Å²) in [5, 5.41) is 12.7. The van der Waals surface area contributed by atoms with Crippen molar-refractivity contribution < 1.29 is 4.79 Å². The summed E-state index contributed by atoms with van der Waals surface area (Å²) in [5.41, 5.74) is -0.668. The maximum Gasteiger partial charge on any atom is 0.244 e. The van der Waals surface area contributed by atoms with Crippen molar-refractivity contribution in [1.82, 2.24) is 0 Å². The van der Waals surface area contributed by atoms with Gasteiger partial charge < -0.3 is 5.32 Å². The van der Waals surface area contributed by atoms with Crippen LogP contribution >= 0.6 is 34.8 Å². The van der Waals surface area contributed by atoms with Gasteiger partial charge in [-0.25, -0.2) is 0 Å². The van der Waals surface area contributed by atoms with Gasteiger partial charge in [-0.3, -0.25) is 4.79 Å². The van der Waals surface area contributed by atoms with Gasteiger partial charge in [0, 0.05) is 5.02 Å². The lowest BCUT2D eigenvalue weighted by atomic mass is 9.63. The highest BCUT2D eigenvalue weighted by Gasteiger charge is 2.49. The highest BCUT2D eigenvalue weighted by atomic mass is 35.5. The van der Waals surface area contributed by atoms with Crippen molar-refractivity contribution in [3.05, 3.63) is 27.2 Å². The van der Waals surface area contributed by atoms with E-state index in [1.165, 1.54) is 12.1 Å². The molecule has 0 aromatic heterocycles. The standard InChI is InChI=1S/C13H11Cl3N2O/c1-7-4-13(5-7,6-17)12(19)18-11-9(15)2-8(14)3-10(11)16/h2-3,7H,4-5H2,1H3,(H,18,19). The largest absolute Gasteiger partial charge is 0.322 e. The number of carbonyl (C=O) groups is 1. The molecule has 0 heterocycles. The molecule has 0 radical (unpaired) electrons. The normalized spacial score (nSPS) is 25.3. The second-order valence-electron chi connectivity index (χ2n) is 4.91. The maximum atomic E-state index is 12.2. The summed E-state index contributed by atoms with van der Waals surface area (Å²) < 4.78 is 0. The molecule has 1 aliphatic carbocycles. The van der Waals surface area contributed by atoms with E-state index in [0.717, 1.165) is 0 Å². The van der Waals surface area contributed by atoms with E-state index in [2.05, 4.69) is 11.4 Å². The van der Waals surface area contributed by atoms with Gasteiger partial charge in [0.15, 0.2) is 0 Å². The summed E-state index contributed by atoms with van der Waals surface area (Å²) in [7, 11) is 0. The Bertz CT molecular complexity index is 551. The molecule has 100 valence electrons. The van der Waals surface area contributed by atoms with Crippen LogP contribution < -0.4 is 5.32 Å². The Hall–Kier alpha value is -0.950. The molecule has 19 heavy (non-hydrogen) atoms. The first-order valence-corrected chi connectivity index (χ1v) is 6.88. The van der Waals surface area contributed by atoms with Crippen molar-refractivity contribution in [2.75, 3.05) is 5.32 Å². The average Bonchev–Trinajstić information content (AvgIpc) is 2.29. The number of anilines is 1. The molecule has 1 fully saturated rings. The molecule has 1 saturated carbocycles. The van der Waals surface area contributed by atoms with Gasteiger partial charge in [-0.2, -0.15) is 5.26 Å². The minimum atomic E-state index is -0.967. The van der Waals surface area contributed by atoms with E-state index in [4.69, 9.17) is 34.8 Å². The van der Waals surface area contributed by atoms with Crippen LogP contribution in [-0.2, 0) is 4.79 Å². The molecule has 1 aromatic carbocycles. The van der Waals surface area contributed by atoms with E-state index in [1.54, 1.807) is 0 Å². The third kappa shape index (κ3) is 2.67. The van der Waals surface area contributed by atoms with Gasteiger partial charge in [0.05, 0.1) is 21.8 Å². The Morgan fingerprint density at radius 1 is 1.37 bits per heavy atom. The molecule has 0 unspecified atom stereocenters. The molecule has 1 amide bonds. The number of rotatable bonds is 2. The maximum absolute atomic E-state index is 12.2. The minimum absolute atomic E-state index is 0.256. The number of amides is 1. The summed E-state index contributed by atoms with van der Waals surface area (Å²) in [5.74, 6) is 0.0146. The smallest absolute Gasteiger partial charge is 0.244 e. The first kappa shape index (κ1) is 14.5. The number of carbonyl (C=O) groups excluding carboxylic acids is 1. The van der Waals surface area contributed by atoms with Gasteiger partial charge >= 0.3 is 0 Å². The first-order valence-electron chi connectivity index (χ1n) is 5.75. The van der Waals surface area contributed by atoms with Crippen LogP contribution in [0.25, 0.3) is 0 Å². The summed E-state index contributed by atoms with van der Waals surface area (Å²) >= 11 is 17.8. The van der Waals surface area contributed by atoms with E-state index < -0.39 is 5.41 Å². The molecule has 2 rings (SSSR count). The molecule has 0 saturated heterocycles. The van der Waals surface area contributed by atoms with Gasteiger partial charge in [0.1, 0.15) is 5.41 Å². The molecule has 1 aromatic rings. The second kappa shape index (κ2) is 5.20. The van der Waals surface area contributed by atoms with Crippen molar-refractivity contribution in [1.29, 1.82) is 5.26 Å². The van der Waals surface area contributed by atoms with Crippen molar-refractivity contribution in [3.8, 4) is 6.07 Å². The fourth-order valence-corrected chi connectivity index (χ4v) is 3.26. The first-order chi connectivity index (χ1) is 8.88. The quantitative estimate of drug-likeness (QED) is 0.871. The molecular formula is C13H11Cl3N2O. The second-order valence-corrected chi connectivity index (χ2v) is 6.16. The summed E-state index contributed by atoms with van der Waals surface area (Å²) in [6.45, 7) is 2.01. The Morgan fingerprint density at radius 3 is 2.32 bits per heavy atom. The third-order valence-corrected chi connectivity index (χ3v) is 4.10. The molecule has 0 aliphatic heterocycles. The SMILES string of the molecule is CC1CC(C#N)(C(=O)Nc2c(Cl)cc(Cl)cc2Cl)C1. The van der Waals surface area contributed by atoms with Crippen LogP contribution in [0.2, 0.25) is 15.1 Å². The highest BCUT2D eigenvalue weighted by molar-refractivity contribution is 6.42. The molecule has 3 nitrogen and oxygen atoms in total. The van der Waals surface area contributed by atoms with E-state index >= 15 is 0 Å².